The first-order valence-electron chi connectivity index (χ1n) is 5.72. The molecule has 1 heterocycles. The Morgan fingerprint density at radius 1 is 1.00 bits per heavy atom. The van der Waals surface area contributed by atoms with Gasteiger partial charge in [0.15, 0.2) is 0 Å². The summed E-state index contributed by atoms with van der Waals surface area (Å²) < 4.78 is 2.41. The number of hydrogen-bond donors (Lipinski definition) is 0. The highest BCUT2D eigenvalue weighted by Gasteiger charge is 2.17. The third-order valence-electron chi connectivity index (χ3n) is 3.03. The van der Waals surface area contributed by atoms with Crippen molar-refractivity contribution >= 4 is 64.9 Å². The molecule has 0 fully saturated rings. The highest BCUT2D eigenvalue weighted by atomic mass is 79.9. The Morgan fingerprint density at radius 2 is 1.79 bits per heavy atom. The fraction of sp³-hybridized carbons (Fsp3) is 0.0667. The summed E-state index contributed by atoms with van der Waals surface area (Å²) in [5.41, 5.74) is 2.36. The minimum absolute atomic E-state index is 0.115. The van der Waals surface area contributed by atoms with Crippen LogP contribution >= 0.6 is 54.8 Å². The van der Waals surface area contributed by atoms with Gasteiger partial charge in [0.1, 0.15) is 0 Å². The molecule has 0 N–H and O–H groups in total. The lowest BCUT2D eigenvalue weighted by Gasteiger charge is -2.11. The number of fused-ring (bicyclic) bond motifs is 1. The molecule has 0 aliphatic carbocycles. The first-order valence-corrected chi connectivity index (χ1v) is 8.69. The average Bonchev–Trinajstić information content (AvgIpc) is 2.84. The van der Waals surface area contributed by atoms with Gasteiger partial charge in [-0.05, 0) is 50.0 Å². The molecule has 2 aromatic carbocycles. The van der Waals surface area contributed by atoms with Crippen LogP contribution in [0.3, 0.4) is 0 Å². The van der Waals surface area contributed by atoms with E-state index in [1.807, 2.05) is 18.2 Å². The van der Waals surface area contributed by atoms with Crippen LogP contribution in [0.25, 0.3) is 10.1 Å². The van der Waals surface area contributed by atoms with Gasteiger partial charge in [-0.15, -0.1) is 11.3 Å². The van der Waals surface area contributed by atoms with Crippen LogP contribution < -0.4 is 0 Å². The topological polar surface area (TPSA) is 0 Å². The molecule has 19 heavy (non-hydrogen) atoms. The molecule has 0 saturated carbocycles. The molecule has 3 aromatic rings. The summed E-state index contributed by atoms with van der Waals surface area (Å²) in [6, 6.07) is 14.2. The van der Waals surface area contributed by atoms with E-state index in [1.54, 1.807) is 11.3 Å². The van der Waals surface area contributed by atoms with Gasteiger partial charge in [-0.25, -0.2) is 0 Å². The van der Waals surface area contributed by atoms with Gasteiger partial charge >= 0.3 is 0 Å². The zero-order valence-corrected chi connectivity index (χ0v) is 14.5. The third-order valence-corrected chi connectivity index (χ3v) is 6.33. The van der Waals surface area contributed by atoms with Gasteiger partial charge < -0.3 is 0 Å². The summed E-state index contributed by atoms with van der Waals surface area (Å²) >= 11 is 15.4. The lowest BCUT2D eigenvalue weighted by Crippen LogP contribution is -1.92. The Bertz CT molecular complexity index is 736. The minimum atomic E-state index is 0.115. The molecule has 0 amide bonds. The summed E-state index contributed by atoms with van der Waals surface area (Å²) in [7, 11) is 0. The van der Waals surface area contributed by atoms with Crippen molar-refractivity contribution < 1.29 is 0 Å². The Labute approximate surface area is 137 Å². The highest BCUT2D eigenvalue weighted by Crippen LogP contribution is 2.42. The quantitative estimate of drug-likeness (QED) is 0.403. The number of halogens is 3. The first kappa shape index (κ1) is 13.6. The molecule has 0 saturated heterocycles. The van der Waals surface area contributed by atoms with E-state index in [1.165, 1.54) is 15.6 Å². The summed E-state index contributed by atoms with van der Waals surface area (Å²) in [5.74, 6) is 0. The molecule has 96 valence electrons. The second-order valence-electron chi connectivity index (χ2n) is 4.19. The van der Waals surface area contributed by atoms with Gasteiger partial charge in [0.05, 0.1) is 4.83 Å². The molecule has 4 heteroatoms. The van der Waals surface area contributed by atoms with Gasteiger partial charge in [-0.1, -0.05) is 57.9 Å². The molecule has 0 nitrogen and oxygen atoms in total. The third kappa shape index (κ3) is 2.49. The number of rotatable bonds is 2. The largest absolute Gasteiger partial charge is 0.142 e. The van der Waals surface area contributed by atoms with E-state index in [4.69, 9.17) is 11.6 Å². The van der Waals surface area contributed by atoms with Crippen LogP contribution in [0.4, 0.5) is 0 Å². The zero-order chi connectivity index (χ0) is 13.4. The number of thiophene rings is 1. The van der Waals surface area contributed by atoms with E-state index in [2.05, 4.69) is 61.5 Å². The molecular weight excluding hydrogens is 407 g/mol. The van der Waals surface area contributed by atoms with E-state index in [9.17, 15) is 0 Å². The van der Waals surface area contributed by atoms with Crippen LogP contribution in [-0.4, -0.2) is 0 Å². The van der Waals surface area contributed by atoms with Crippen molar-refractivity contribution in [3.8, 4) is 0 Å². The van der Waals surface area contributed by atoms with Crippen molar-refractivity contribution in [2.24, 2.45) is 0 Å². The maximum atomic E-state index is 6.28. The van der Waals surface area contributed by atoms with Crippen molar-refractivity contribution in [1.29, 1.82) is 0 Å². The maximum absolute atomic E-state index is 6.28. The van der Waals surface area contributed by atoms with Crippen molar-refractivity contribution in [3.63, 3.8) is 0 Å². The number of alkyl halides is 1. The molecular formula is C15H9Br2ClS. The fourth-order valence-electron chi connectivity index (χ4n) is 2.09. The van der Waals surface area contributed by atoms with E-state index in [-0.39, 0.29) is 4.83 Å². The maximum Gasteiger partial charge on any atom is 0.0673 e. The SMILES string of the molecule is Clc1ccccc1C(Br)c1csc2c(Br)cccc12. The Morgan fingerprint density at radius 3 is 2.58 bits per heavy atom. The Hall–Kier alpha value is -0.350. The minimum Gasteiger partial charge on any atom is -0.142 e. The smallest absolute Gasteiger partial charge is 0.0673 e. The van der Waals surface area contributed by atoms with Crippen LogP contribution in [0.5, 0.6) is 0 Å². The predicted octanol–water partition coefficient (Wildman–Crippen LogP) is 6.80. The molecule has 0 spiro atoms. The summed E-state index contributed by atoms with van der Waals surface area (Å²) in [5, 5.41) is 4.25. The van der Waals surface area contributed by atoms with E-state index in [0.717, 1.165) is 15.1 Å². The summed E-state index contributed by atoms with van der Waals surface area (Å²) in [6.07, 6.45) is 0. The highest BCUT2D eigenvalue weighted by molar-refractivity contribution is 9.10. The van der Waals surface area contributed by atoms with E-state index >= 15 is 0 Å². The molecule has 1 aromatic heterocycles. The molecule has 3 rings (SSSR count). The van der Waals surface area contributed by atoms with Gasteiger partial charge in [0.2, 0.25) is 0 Å². The van der Waals surface area contributed by atoms with Gasteiger partial charge in [0, 0.05) is 14.2 Å². The molecule has 0 aliphatic rings. The van der Waals surface area contributed by atoms with Crippen molar-refractivity contribution in [2.45, 2.75) is 4.83 Å². The van der Waals surface area contributed by atoms with Crippen LogP contribution in [0, 0.1) is 0 Å². The molecule has 0 radical (unpaired) electrons. The average molecular weight is 417 g/mol. The number of benzene rings is 2. The molecule has 1 atom stereocenters. The Balaban J connectivity index is 2.15. The summed E-state index contributed by atoms with van der Waals surface area (Å²) in [6.45, 7) is 0. The lowest BCUT2D eigenvalue weighted by atomic mass is 10.0. The van der Waals surface area contributed by atoms with Crippen LogP contribution in [0.15, 0.2) is 52.3 Å². The fourth-order valence-corrected chi connectivity index (χ4v) is 5.06. The molecule has 1 unspecified atom stereocenters. The van der Waals surface area contributed by atoms with E-state index in [0.29, 0.717) is 0 Å². The molecule has 0 aliphatic heterocycles. The van der Waals surface area contributed by atoms with Gasteiger partial charge in [0.25, 0.3) is 0 Å². The first-order chi connectivity index (χ1) is 9.18. The van der Waals surface area contributed by atoms with Crippen molar-refractivity contribution in [2.75, 3.05) is 0 Å². The number of hydrogen-bond acceptors (Lipinski definition) is 1. The molecule has 0 bridgehead atoms. The van der Waals surface area contributed by atoms with Crippen LogP contribution in [0.1, 0.15) is 16.0 Å². The standard InChI is InChI=1S/C15H9Br2ClS/c16-12-6-3-5-9-11(8-19-15(9)12)14(17)10-4-1-2-7-13(10)18/h1-8,14H. The lowest BCUT2D eigenvalue weighted by molar-refractivity contribution is 1.21. The van der Waals surface area contributed by atoms with Gasteiger partial charge in [-0.2, -0.15) is 0 Å². The monoisotopic (exact) mass is 414 g/mol. The van der Waals surface area contributed by atoms with Gasteiger partial charge in [-0.3, -0.25) is 0 Å². The summed E-state index contributed by atoms with van der Waals surface area (Å²) in [4.78, 5) is 0.115. The normalized spacial score (nSPS) is 12.8. The van der Waals surface area contributed by atoms with E-state index < -0.39 is 0 Å². The second-order valence-corrected chi connectivity index (χ2v) is 7.25. The Kier molecular flexibility index (Phi) is 3.99. The van der Waals surface area contributed by atoms with Crippen molar-refractivity contribution in [3.05, 3.63) is 68.5 Å². The van der Waals surface area contributed by atoms with Crippen LogP contribution in [-0.2, 0) is 0 Å². The second kappa shape index (κ2) is 5.57. The predicted molar refractivity (Wildman–Crippen MR) is 91.7 cm³/mol. The van der Waals surface area contributed by atoms with Crippen LogP contribution in [0.2, 0.25) is 5.02 Å². The van der Waals surface area contributed by atoms with Crippen molar-refractivity contribution in [1.82, 2.24) is 0 Å². The zero-order valence-electron chi connectivity index (χ0n) is 9.74.